The molecule has 18 heavy (non-hydrogen) atoms. The molecule has 7 heteroatoms. The Balaban J connectivity index is 2.01. The number of thiophene rings is 1. The number of aryl methyl sites for hydroxylation is 1. The zero-order chi connectivity index (χ0) is 12.5. The van der Waals surface area contributed by atoms with Gasteiger partial charge in [0.05, 0.1) is 11.4 Å². The molecule has 0 aliphatic carbocycles. The van der Waals surface area contributed by atoms with E-state index in [0.717, 1.165) is 15.7 Å². The second-order valence-electron chi connectivity index (χ2n) is 3.78. The van der Waals surface area contributed by atoms with Crippen molar-refractivity contribution in [1.29, 1.82) is 0 Å². The summed E-state index contributed by atoms with van der Waals surface area (Å²) in [5.74, 6) is 0.878. The van der Waals surface area contributed by atoms with Crippen molar-refractivity contribution in [3.8, 4) is 10.7 Å². The third-order valence-electron chi connectivity index (χ3n) is 2.46. The molecule has 92 valence electrons. The quantitative estimate of drug-likeness (QED) is 0.752. The minimum atomic E-state index is 0.631. The minimum Gasteiger partial charge on any atom is -0.293 e. The molecule has 3 aromatic heterocycles. The van der Waals surface area contributed by atoms with Crippen molar-refractivity contribution in [3.63, 3.8) is 0 Å². The predicted octanol–water partition coefficient (Wildman–Crippen LogP) is 3.48. The molecule has 0 spiro atoms. The molecule has 1 N–H and O–H groups in total. The maximum Gasteiger partial charge on any atom is 0.195 e. The topological polar surface area (TPSA) is 46.5 Å². The van der Waals surface area contributed by atoms with Gasteiger partial charge in [0.25, 0.3) is 0 Å². The lowest BCUT2D eigenvalue weighted by molar-refractivity contribution is 0.785. The molecule has 0 amide bonds. The summed E-state index contributed by atoms with van der Waals surface area (Å²) in [6.45, 7) is 2.72. The van der Waals surface area contributed by atoms with E-state index in [1.807, 2.05) is 28.3 Å². The lowest BCUT2D eigenvalue weighted by atomic mass is 10.4. The average Bonchev–Trinajstić information content (AvgIpc) is 3.03. The van der Waals surface area contributed by atoms with Crippen molar-refractivity contribution in [3.05, 3.63) is 38.4 Å². The van der Waals surface area contributed by atoms with Crippen molar-refractivity contribution in [2.45, 2.75) is 13.5 Å². The van der Waals surface area contributed by atoms with Crippen molar-refractivity contribution in [1.82, 2.24) is 19.7 Å². The van der Waals surface area contributed by atoms with E-state index in [1.165, 1.54) is 4.88 Å². The normalized spacial score (nSPS) is 10.9. The van der Waals surface area contributed by atoms with Crippen molar-refractivity contribution in [2.24, 2.45) is 0 Å². The minimum absolute atomic E-state index is 0.631. The third kappa shape index (κ3) is 2.16. The molecule has 0 bridgehead atoms. The summed E-state index contributed by atoms with van der Waals surface area (Å²) in [6.07, 6.45) is 1.88. The number of aromatic nitrogens is 4. The van der Waals surface area contributed by atoms with Crippen LogP contribution in [0.25, 0.3) is 10.7 Å². The van der Waals surface area contributed by atoms with Gasteiger partial charge in [-0.1, -0.05) is 6.07 Å². The summed E-state index contributed by atoms with van der Waals surface area (Å²) < 4.78 is 2.62. The van der Waals surface area contributed by atoms with Gasteiger partial charge in [-0.25, -0.2) is 4.98 Å². The van der Waals surface area contributed by atoms with Crippen LogP contribution in [-0.2, 0) is 6.54 Å². The molecular weight excluding hydrogens is 284 g/mol. The van der Waals surface area contributed by atoms with Crippen LogP contribution in [0.1, 0.15) is 9.88 Å². The van der Waals surface area contributed by atoms with E-state index in [-0.39, 0.29) is 0 Å². The molecule has 0 aliphatic rings. The molecule has 0 saturated carbocycles. The number of H-pyrrole nitrogens is 1. The first-order valence-corrected chi connectivity index (χ1v) is 7.45. The molecule has 0 radical (unpaired) electrons. The van der Waals surface area contributed by atoms with Gasteiger partial charge in [0, 0.05) is 11.1 Å². The van der Waals surface area contributed by atoms with Crippen LogP contribution in [0.15, 0.2) is 23.7 Å². The van der Waals surface area contributed by atoms with Crippen LogP contribution in [0.2, 0.25) is 0 Å². The second kappa shape index (κ2) is 4.75. The standard InChI is InChI=1S/C11H10N4S3/c1-7-5-12-9(18-7)6-15-10(13-14-11(15)16)8-3-2-4-17-8/h2-5H,6H2,1H3,(H,14,16). The molecule has 0 unspecified atom stereocenters. The summed E-state index contributed by atoms with van der Waals surface area (Å²) in [5, 5.41) is 10.2. The molecule has 0 fully saturated rings. The van der Waals surface area contributed by atoms with Crippen molar-refractivity contribution in [2.75, 3.05) is 0 Å². The van der Waals surface area contributed by atoms with Crippen LogP contribution in [0.5, 0.6) is 0 Å². The fraction of sp³-hybridized carbons (Fsp3) is 0.182. The first-order chi connectivity index (χ1) is 8.74. The van der Waals surface area contributed by atoms with Gasteiger partial charge in [-0.3, -0.25) is 9.67 Å². The fourth-order valence-electron chi connectivity index (χ4n) is 1.67. The first kappa shape index (κ1) is 11.8. The molecule has 4 nitrogen and oxygen atoms in total. The summed E-state index contributed by atoms with van der Waals surface area (Å²) >= 11 is 8.62. The van der Waals surface area contributed by atoms with Crippen molar-refractivity contribution >= 4 is 34.9 Å². The Kier molecular flexibility index (Phi) is 3.11. The highest BCUT2D eigenvalue weighted by molar-refractivity contribution is 7.71. The molecular formula is C11H10N4S3. The van der Waals surface area contributed by atoms with E-state index in [4.69, 9.17) is 12.2 Å². The number of aromatic amines is 1. The summed E-state index contributed by atoms with van der Waals surface area (Å²) in [6, 6.07) is 4.05. The van der Waals surface area contributed by atoms with E-state index in [0.29, 0.717) is 11.3 Å². The van der Waals surface area contributed by atoms with Gasteiger partial charge in [-0.05, 0) is 30.6 Å². The second-order valence-corrected chi connectivity index (χ2v) is 6.43. The number of nitrogens with zero attached hydrogens (tertiary/aromatic N) is 3. The molecule has 3 rings (SSSR count). The monoisotopic (exact) mass is 294 g/mol. The lowest BCUT2D eigenvalue weighted by Gasteiger charge is -2.02. The first-order valence-electron chi connectivity index (χ1n) is 5.34. The molecule has 0 aromatic carbocycles. The molecule has 0 aliphatic heterocycles. The smallest absolute Gasteiger partial charge is 0.195 e. The zero-order valence-electron chi connectivity index (χ0n) is 9.58. The van der Waals surface area contributed by atoms with Gasteiger partial charge >= 0.3 is 0 Å². The number of nitrogens with one attached hydrogen (secondary N) is 1. The van der Waals surface area contributed by atoms with E-state index >= 15 is 0 Å². The molecule has 3 heterocycles. The van der Waals surface area contributed by atoms with Crippen molar-refractivity contribution < 1.29 is 0 Å². The van der Waals surface area contributed by atoms with E-state index in [2.05, 4.69) is 22.1 Å². The van der Waals surface area contributed by atoms with Gasteiger partial charge in [-0.15, -0.1) is 22.7 Å². The largest absolute Gasteiger partial charge is 0.293 e. The Labute approximate surface area is 117 Å². The number of thiazole rings is 1. The third-order valence-corrected chi connectivity index (χ3v) is 4.54. The average molecular weight is 294 g/mol. The predicted molar refractivity (Wildman–Crippen MR) is 76.7 cm³/mol. The molecule has 0 saturated heterocycles. The van der Waals surface area contributed by atoms with Gasteiger partial charge in [-0.2, -0.15) is 5.10 Å². The number of hydrogen-bond donors (Lipinski definition) is 1. The van der Waals surface area contributed by atoms with Crippen LogP contribution in [0.3, 0.4) is 0 Å². The SMILES string of the molecule is Cc1cnc(Cn2c(-c3cccs3)n[nH]c2=S)s1. The molecule has 3 aromatic rings. The highest BCUT2D eigenvalue weighted by atomic mass is 32.1. The van der Waals surface area contributed by atoms with Gasteiger partial charge < -0.3 is 0 Å². The molecule has 0 atom stereocenters. The summed E-state index contributed by atoms with van der Waals surface area (Å²) in [7, 11) is 0. The Morgan fingerprint density at radius 3 is 3.06 bits per heavy atom. The fourth-order valence-corrected chi connectivity index (χ4v) is 3.36. The Morgan fingerprint density at radius 1 is 1.50 bits per heavy atom. The Bertz CT molecular complexity index is 705. The summed E-state index contributed by atoms with van der Waals surface area (Å²) in [4.78, 5) is 6.68. The van der Waals surface area contributed by atoms with E-state index < -0.39 is 0 Å². The Morgan fingerprint density at radius 2 is 2.39 bits per heavy atom. The van der Waals surface area contributed by atoms with Gasteiger partial charge in [0.2, 0.25) is 0 Å². The van der Waals surface area contributed by atoms with Gasteiger partial charge in [0.1, 0.15) is 5.01 Å². The maximum absolute atomic E-state index is 5.28. The number of rotatable bonds is 3. The van der Waals surface area contributed by atoms with E-state index in [9.17, 15) is 0 Å². The van der Waals surface area contributed by atoms with Gasteiger partial charge in [0.15, 0.2) is 10.6 Å². The van der Waals surface area contributed by atoms with Crippen LogP contribution in [0.4, 0.5) is 0 Å². The van der Waals surface area contributed by atoms with Crippen LogP contribution in [-0.4, -0.2) is 19.7 Å². The van der Waals surface area contributed by atoms with Crippen LogP contribution < -0.4 is 0 Å². The highest BCUT2D eigenvalue weighted by Crippen LogP contribution is 2.24. The lowest BCUT2D eigenvalue weighted by Crippen LogP contribution is -2.01. The Hall–Kier alpha value is -1.31. The number of hydrogen-bond acceptors (Lipinski definition) is 5. The summed E-state index contributed by atoms with van der Waals surface area (Å²) in [5.41, 5.74) is 0. The van der Waals surface area contributed by atoms with Crippen LogP contribution >= 0.6 is 34.9 Å². The maximum atomic E-state index is 5.28. The van der Waals surface area contributed by atoms with E-state index in [1.54, 1.807) is 22.7 Å². The zero-order valence-corrected chi connectivity index (χ0v) is 12.0. The van der Waals surface area contributed by atoms with Crippen LogP contribution in [0, 0.1) is 11.7 Å². The highest BCUT2D eigenvalue weighted by Gasteiger charge is 2.11.